The maximum atomic E-state index is 12.5. The topological polar surface area (TPSA) is 104 Å². The molecule has 1 aliphatic rings. The zero-order valence-electron chi connectivity index (χ0n) is 15.1. The van der Waals surface area contributed by atoms with E-state index in [0.29, 0.717) is 16.3 Å². The molecule has 0 aromatic heterocycles. The van der Waals surface area contributed by atoms with Crippen LogP contribution in [0.4, 0.5) is 10.5 Å². The van der Waals surface area contributed by atoms with Crippen LogP contribution in [0.3, 0.4) is 0 Å². The summed E-state index contributed by atoms with van der Waals surface area (Å²) in [5, 5.41) is 11.5. The van der Waals surface area contributed by atoms with Crippen molar-refractivity contribution in [2.24, 2.45) is 0 Å². The van der Waals surface area contributed by atoms with Crippen molar-refractivity contribution in [3.8, 4) is 0 Å². The minimum absolute atomic E-state index is 0.114. The minimum atomic E-state index is -1.06. The van der Waals surface area contributed by atoms with E-state index < -0.39 is 29.6 Å². The zero-order valence-corrected chi connectivity index (χ0v) is 16.7. The van der Waals surface area contributed by atoms with Gasteiger partial charge in [-0.15, -0.1) is 0 Å². The third kappa shape index (κ3) is 4.85. The number of benzene rings is 2. The molecular formula is C20H15ClN2O5S. The predicted octanol–water partition coefficient (Wildman–Crippen LogP) is 4.02. The molecule has 9 heteroatoms. The molecule has 0 saturated carbocycles. The average molecular weight is 431 g/mol. The summed E-state index contributed by atoms with van der Waals surface area (Å²) in [6.07, 6.45) is 1.48. The van der Waals surface area contributed by atoms with Gasteiger partial charge >= 0.3 is 5.97 Å². The van der Waals surface area contributed by atoms with Crippen LogP contribution in [0.1, 0.15) is 21.5 Å². The number of thioether (sulfide) groups is 1. The van der Waals surface area contributed by atoms with E-state index in [4.69, 9.17) is 16.7 Å². The van der Waals surface area contributed by atoms with Gasteiger partial charge in [-0.1, -0.05) is 29.8 Å². The van der Waals surface area contributed by atoms with Crippen LogP contribution < -0.4 is 5.32 Å². The second-order valence-electron chi connectivity index (χ2n) is 6.20. The first-order valence-corrected chi connectivity index (χ1v) is 9.59. The molecule has 0 spiro atoms. The Hall–Kier alpha value is -3.10. The lowest BCUT2D eigenvalue weighted by atomic mass is 10.1. The van der Waals surface area contributed by atoms with Gasteiger partial charge in [-0.3, -0.25) is 19.3 Å². The van der Waals surface area contributed by atoms with Crippen molar-refractivity contribution >= 4 is 58.1 Å². The maximum Gasteiger partial charge on any atom is 0.335 e. The van der Waals surface area contributed by atoms with E-state index >= 15 is 0 Å². The third-order valence-electron chi connectivity index (χ3n) is 4.10. The van der Waals surface area contributed by atoms with Crippen LogP contribution in [0.2, 0.25) is 5.02 Å². The number of hydrogen-bond acceptors (Lipinski definition) is 5. The van der Waals surface area contributed by atoms with Crippen molar-refractivity contribution in [3.05, 3.63) is 69.1 Å². The SMILES string of the molecule is Cc1ccc(Cl)cc1NC(=O)CN1C(=O)SC(=Cc2ccc(C(=O)O)cc2)C1=O. The van der Waals surface area contributed by atoms with Crippen molar-refractivity contribution < 1.29 is 24.3 Å². The Morgan fingerprint density at radius 1 is 1.17 bits per heavy atom. The molecule has 0 aliphatic carbocycles. The first-order valence-electron chi connectivity index (χ1n) is 8.39. The van der Waals surface area contributed by atoms with Crippen LogP contribution in [-0.4, -0.2) is 39.6 Å². The highest BCUT2D eigenvalue weighted by atomic mass is 35.5. The molecule has 148 valence electrons. The number of aryl methyl sites for hydroxylation is 1. The van der Waals surface area contributed by atoms with Crippen molar-refractivity contribution in [1.82, 2.24) is 4.90 Å². The first-order chi connectivity index (χ1) is 13.7. The van der Waals surface area contributed by atoms with Gasteiger partial charge in [-0.2, -0.15) is 0 Å². The van der Waals surface area contributed by atoms with Crippen molar-refractivity contribution in [3.63, 3.8) is 0 Å². The summed E-state index contributed by atoms with van der Waals surface area (Å²) in [6.45, 7) is 1.37. The van der Waals surface area contributed by atoms with Crippen LogP contribution in [0, 0.1) is 6.92 Å². The summed E-state index contributed by atoms with van der Waals surface area (Å²) < 4.78 is 0. The number of carbonyl (C=O) groups is 4. The summed E-state index contributed by atoms with van der Waals surface area (Å²) in [4.78, 5) is 48.9. The largest absolute Gasteiger partial charge is 0.478 e. The summed E-state index contributed by atoms with van der Waals surface area (Å²) in [5.41, 5.74) is 1.98. The number of hydrogen-bond donors (Lipinski definition) is 2. The summed E-state index contributed by atoms with van der Waals surface area (Å²) in [5.74, 6) is -2.16. The van der Waals surface area contributed by atoms with Crippen molar-refractivity contribution in [2.45, 2.75) is 6.92 Å². The predicted molar refractivity (Wildman–Crippen MR) is 111 cm³/mol. The fourth-order valence-electron chi connectivity index (χ4n) is 2.57. The van der Waals surface area contributed by atoms with Gasteiger partial charge in [-0.05, 0) is 60.2 Å². The molecule has 3 rings (SSSR count). The quantitative estimate of drug-likeness (QED) is 0.694. The van der Waals surface area contributed by atoms with E-state index in [9.17, 15) is 19.2 Å². The smallest absolute Gasteiger partial charge is 0.335 e. The Labute approximate surface area is 175 Å². The van der Waals surface area contributed by atoms with Crippen molar-refractivity contribution in [1.29, 1.82) is 0 Å². The number of halogens is 1. The molecular weight excluding hydrogens is 416 g/mol. The highest BCUT2D eigenvalue weighted by Crippen LogP contribution is 2.32. The fraction of sp³-hybridized carbons (Fsp3) is 0.100. The molecule has 7 nitrogen and oxygen atoms in total. The van der Waals surface area contributed by atoms with Gasteiger partial charge in [0.15, 0.2) is 0 Å². The van der Waals surface area contributed by atoms with E-state index in [2.05, 4.69) is 5.32 Å². The fourth-order valence-corrected chi connectivity index (χ4v) is 3.58. The minimum Gasteiger partial charge on any atom is -0.478 e. The molecule has 1 fully saturated rings. The second-order valence-corrected chi connectivity index (χ2v) is 7.63. The Bertz CT molecular complexity index is 1050. The third-order valence-corrected chi connectivity index (χ3v) is 5.25. The molecule has 1 saturated heterocycles. The first kappa shape index (κ1) is 20.6. The van der Waals surface area contributed by atoms with Crippen LogP contribution in [0.25, 0.3) is 6.08 Å². The van der Waals surface area contributed by atoms with Crippen LogP contribution >= 0.6 is 23.4 Å². The number of nitrogens with one attached hydrogen (secondary N) is 1. The Morgan fingerprint density at radius 3 is 2.52 bits per heavy atom. The van der Waals surface area contributed by atoms with E-state index in [1.165, 1.54) is 30.3 Å². The molecule has 2 N–H and O–H groups in total. The van der Waals surface area contributed by atoms with E-state index in [0.717, 1.165) is 22.2 Å². The number of carbonyl (C=O) groups excluding carboxylic acids is 3. The lowest BCUT2D eigenvalue weighted by Gasteiger charge is -2.13. The van der Waals surface area contributed by atoms with E-state index in [-0.39, 0.29) is 10.5 Å². The van der Waals surface area contributed by atoms with Crippen LogP contribution in [-0.2, 0) is 9.59 Å². The maximum absolute atomic E-state index is 12.5. The second kappa shape index (κ2) is 8.50. The average Bonchev–Trinajstić information content (AvgIpc) is 2.92. The van der Waals surface area contributed by atoms with Crippen LogP contribution in [0.15, 0.2) is 47.4 Å². The normalized spacial score (nSPS) is 15.1. The number of aromatic carboxylic acids is 1. The summed E-state index contributed by atoms with van der Waals surface area (Å²) >= 11 is 6.65. The van der Waals surface area contributed by atoms with E-state index in [1.807, 2.05) is 0 Å². The molecule has 2 aromatic carbocycles. The molecule has 0 radical (unpaired) electrons. The molecule has 2 aromatic rings. The van der Waals surface area contributed by atoms with Crippen molar-refractivity contribution in [2.75, 3.05) is 11.9 Å². The Kier molecular flexibility index (Phi) is 6.05. The molecule has 0 unspecified atom stereocenters. The number of amides is 3. The highest BCUT2D eigenvalue weighted by Gasteiger charge is 2.36. The van der Waals surface area contributed by atoms with Gasteiger partial charge in [0.05, 0.1) is 10.5 Å². The summed E-state index contributed by atoms with van der Waals surface area (Å²) in [6, 6.07) is 10.9. The number of anilines is 1. The van der Waals surface area contributed by atoms with Gasteiger partial charge in [0.1, 0.15) is 6.54 Å². The number of imide groups is 1. The Morgan fingerprint density at radius 2 is 1.86 bits per heavy atom. The molecule has 29 heavy (non-hydrogen) atoms. The van der Waals surface area contributed by atoms with Gasteiger partial charge < -0.3 is 10.4 Å². The number of carboxylic acid groups (broad SMARTS) is 1. The Balaban J connectivity index is 1.70. The van der Waals surface area contributed by atoms with Gasteiger partial charge in [0.25, 0.3) is 11.1 Å². The van der Waals surface area contributed by atoms with Gasteiger partial charge in [-0.25, -0.2) is 4.79 Å². The molecule has 0 atom stereocenters. The number of carboxylic acids is 1. The van der Waals surface area contributed by atoms with Gasteiger partial charge in [0, 0.05) is 10.7 Å². The molecule has 1 aliphatic heterocycles. The lowest BCUT2D eigenvalue weighted by molar-refractivity contribution is -0.127. The monoisotopic (exact) mass is 430 g/mol. The highest BCUT2D eigenvalue weighted by molar-refractivity contribution is 8.18. The number of rotatable bonds is 5. The molecule has 0 bridgehead atoms. The molecule has 3 amide bonds. The van der Waals surface area contributed by atoms with Gasteiger partial charge in [0.2, 0.25) is 5.91 Å². The lowest BCUT2D eigenvalue weighted by Crippen LogP contribution is -2.36. The van der Waals surface area contributed by atoms with E-state index in [1.54, 1.807) is 25.1 Å². The standard InChI is InChI=1S/C20H15ClN2O5S/c1-11-2-7-14(21)9-15(11)22-17(24)10-23-18(25)16(29-20(23)28)8-12-3-5-13(6-4-12)19(26)27/h2-9H,10H2,1H3,(H,22,24)(H,26,27). The zero-order chi connectivity index (χ0) is 21.1. The van der Waals surface area contributed by atoms with Crippen LogP contribution in [0.5, 0.6) is 0 Å². The number of nitrogens with zero attached hydrogens (tertiary/aromatic N) is 1. The molecule has 1 heterocycles. The summed E-state index contributed by atoms with van der Waals surface area (Å²) in [7, 11) is 0.